The summed E-state index contributed by atoms with van der Waals surface area (Å²) in [4.78, 5) is 16.3. The van der Waals surface area contributed by atoms with Crippen molar-refractivity contribution in [3.8, 4) is 5.75 Å². The quantitative estimate of drug-likeness (QED) is 0.737. The third kappa shape index (κ3) is 4.81. The number of hydrogen-bond acceptors (Lipinski definition) is 5. The van der Waals surface area contributed by atoms with Gasteiger partial charge in [0.05, 0.1) is 12.3 Å². The molecule has 0 fully saturated rings. The Morgan fingerprint density at radius 1 is 1.40 bits per heavy atom. The van der Waals surface area contributed by atoms with Crippen molar-refractivity contribution in [1.29, 1.82) is 0 Å². The van der Waals surface area contributed by atoms with Gasteiger partial charge in [0.15, 0.2) is 6.10 Å². The zero-order valence-electron chi connectivity index (χ0n) is 12.5. The Labute approximate surface area is 120 Å². The van der Waals surface area contributed by atoms with Crippen molar-refractivity contribution in [2.24, 2.45) is 5.73 Å². The maximum Gasteiger partial charge on any atom is 0.347 e. The third-order valence-corrected chi connectivity index (χ3v) is 2.82. The first-order valence-electron chi connectivity index (χ1n) is 7.12. The maximum absolute atomic E-state index is 11.9. The molecule has 20 heavy (non-hydrogen) atoms. The first-order chi connectivity index (χ1) is 9.62. The van der Waals surface area contributed by atoms with Gasteiger partial charge < -0.3 is 15.2 Å². The highest BCUT2D eigenvalue weighted by molar-refractivity contribution is 5.75. The third-order valence-electron chi connectivity index (χ3n) is 2.82. The van der Waals surface area contributed by atoms with Gasteiger partial charge in [0.25, 0.3) is 0 Å². The van der Waals surface area contributed by atoms with Gasteiger partial charge in [-0.15, -0.1) is 0 Å². The van der Waals surface area contributed by atoms with Crippen LogP contribution in [0.5, 0.6) is 5.75 Å². The van der Waals surface area contributed by atoms with Crippen LogP contribution in [0.25, 0.3) is 0 Å². The second kappa shape index (κ2) is 8.53. The molecule has 0 aliphatic rings. The summed E-state index contributed by atoms with van der Waals surface area (Å²) in [5.74, 6) is 0.293. The van der Waals surface area contributed by atoms with Gasteiger partial charge >= 0.3 is 5.97 Å². The van der Waals surface area contributed by atoms with Gasteiger partial charge in [0, 0.05) is 12.1 Å². The molecule has 0 radical (unpaired) electrons. The number of aromatic nitrogens is 1. The molecule has 0 spiro atoms. The van der Waals surface area contributed by atoms with E-state index in [2.05, 4.69) is 4.98 Å². The van der Waals surface area contributed by atoms with E-state index in [0.717, 1.165) is 17.8 Å². The summed E-state index contributed by atoms with van der Waals surface area (Å²) in [6, 6.07) is 3.71. The van der Waals surface area contributed by atoms with Crippen molar-refractivity contribution in [3.05, 3.63) is 23.5 Å². The Hall–Kier alpha value is -1.62. The van der Waals surface area contributed by atoms with E-state index < -0.39 is 6.10 Å². The van der Waals surface area contributed by atoms with Gasteiger partial charge in [0.1, 0.15) is 5.75 Å². The lowest BCUT2D eigenvalue weighted by molar-refractivity contribution is -0.151. The predicted molar refractivity (Wildman–Crippen MR) is 77.7 cm³/mol. The first-order valence-corrected chi connectivity index (χ1v) is 7.12. The van der Waals surface area contributed by atoms with Crippen LogP contribution in [0.2, 0.25) is 0 Å². The summed E-state index contributed by atoms with van der Waals surface area (Å²) in [7, 11) is 0. The molecular weight excluding hydrogens is 256 g/mol. The average molecular weight is 280 g/mol. The fourth-order valence-corrected chi connectivity index (χ4v) is 1.90. The molecule has 0 aromatic carbocycles. The number of nitrogens with two attached hydrogens (primary N) is 1. The molecular formula is C15H24N2O3. The molecule has 0 saturated carbocycles. The molecule has 0 aliphatic carbocycles. The number of pyridine rings is 1. The second-order valence-electron chi connectivity index (χ2n) is 4.58. The van der Waals surface area contributed by atoms with Crippen LogP contribution < -0.4 is 10.5 Å². The number of carbonyl (C=O) groups is 1. The second-order valence-corrected chi connectivity index (χ2v) is 4.58. The molecule has 0 saturated heterocycles. The smallest absolute Gasteiger partial charge is 0.347 e. The van der Waals surface area contributed by atoms with E-state index in [9.17, 15) is 4.79 Å². The average Bonchev–Trinajstić information content (AvgIpc) is 2.41. The molecule has 1 aromatic heterocycles. The Morgan fingerprint density at radius 3 is 2.75 bits per heavy atom. The fraction of sp³-hybridized carbons (Fsp3) is 0.600. The molecule has 112 valence electrons. The Morgan fingerprint density at radius 2 is 2.15 bits per heavy atom. The number of hydrogen-bond donors (Lipinski definition) is 1. The van der Waals surface area contributed by atoms with Crippen LogP contribution in [0.15, 0.2) is 12.1 Å². The van der Waals surface area contributed by atoms with E-state index in [0.29, 0.717) is 31.7 Å². The summed E-state index contributed by atoms with van der Waals surface area (Å²) in [5, 5.41) is 0. The minimum atomic E-state index is -0.582. The first kappa shape index (κ1) is 16.4. The number of nitrogens with zero attached hydrogens (tertiary/aromatic N) is 1. The molecule has 1 unspecified atom stereocenters. The van der Waals surface area contributed by atoms with Crippen molar-refractivity contribution < 1.29 is 14.3 Å². The van der Waals surface area contributed by atoms with Crippen LogP contribution in [0.3, 0.4) is 0 Å². The van der Waals surface area contributed by atoms with Crippen molar-refractivity contribution >= 4 is 5.97 Å². The molecule has 5 nitrogen and oxygen atoms in total. The molecule has 1 atom stereocenters. The maximum atomic E-state index is 11.9. The van der Waals surface area contributed by atoms with E-state index in [4.69, 9.17) is 15.2 Å². The van der Waals surface area contributed by atoms with E-state index in [1.807, 2.05) is 26.0 Å². The normalized spacial score (nSPS) is 12.0. The highest BCUT2D eigenvalue weighted by atomic mass is 16.6. The Balaban J connectivity index is 2.89. The highest BCUT2D eigenvalue weighted by Gasteiger charge is 2.22. The minimum absolute atomic E-state index is 0.325. The number of rotatable bonds is 8. The predicted octanol–water partition coefficient (Wildman–Crippen LogP) is 2.00. The summed E-state index contributed by atoms with van der Waals surface area (Å²) < 4.78 is 10.9. The van der Waals surface area contributed by atoms with Crippen molar-refractivity contribution in [2.75, 3.05) is 13.2 Å². The summed E-state index contributed by atoms with van der Waals surface area (Å²) in [6.45, 7) is 6.55. The van der Waals surface area contributed by atoms with Crippen LogP contribution >= 0.6 is 0 Å². The number of ether oxygens (including phenoxy) is 2. The Kier molecular flexibility index (Phi) is 7.01. The van der Waals surface area contributed by atoms with E-state index in [-0.39, 0.29) is 5.97 Å². The van der Waals surface area contributed by atoms with Crippen molar-refractivity contribution in [3.63, 3.8) is 0 Å². The lowest BCUT2D eigenvalue weighted by atomic mass is 10.2. The number of carbonyl (C=O) groups excluding carboxylic acids is 1. The molecule has 2 N–H and O–H groups in total. The zero-order chi connectivity index (χ0) is 15.0. The molecule has 1 aromatic rings. The molecule has 1 heterocycles. The summed E-state index contributed by atoms with van der Waals surface area (Å²) >= 11 is 0. The van der Waals surface area contributed by atoms with E-state index in [1.165, 1.54) is 0 Å². The van der Waals surface area contributed by atoms with E-state index in [1.54, 1.807) is 6.92 Å². The van der Waals surface area contributed by atoms with Gasteiger partial charge in [-0.2, -0.15) is 0 Å². The molecule has 5 heteroatoms. The lowest BCUT2D eigenvalue weighted by Crippen LogP contribution is -2.30. The van der Waals surface area contributed by atoms with Crippen LogP contribution in [0.4, 0.5) is 0 Å². The SMILES string of the molecule is CCCC(Oc1ccc(C)nc1CCN)C(=O)OCC. The molecule has 0 bridgehead atoms. The highest BCUT2D eigenvalue weighted by Crippen LogP contribution is 2.20. The number of aryl methyl sites for hydroxylation is 1. The van der Waals surface area contributed by atoms with Crippen LogP contribution in [0.1, 0.15) is 38.1 Å². The van der Waals surface area contributed by atoms with Gasteiger partial charge in [-0.1, -0.05) is 13.3 Å². The Bertz CT molecular complexity index is 435. The molecule has 0 amide bonds. The zero-order valence-corrected chi connectivity index (χ0v) is 12.5. The standard InChI is InChI=1S/C15H24N2O3/c1-4-6-14(15(18)19-5-2)20-13-8-7-11(3)17-12(13)9-10-16/h7-8,14H,4-6,9-10,16H2,1-3H3. The van der Waals surface area contributed by atoms with Gasteiger partial charge in [0.2, 0.25) is 0 Å². The van der Waals surface area contributed by atoms with Crippen molar-refractivity contribution in [2.45, 2.75) is 46.1 Å². The largest absolute Gasteiger partial charge is 0.477 e. The van der Waals surface area contributed by atoms with Crippen LogP contribution in [0, 0.1) is 6.92 Å². The summed E-state index contributed by atoms with van der Waals surface area (Å²) in [5.41, 5.74) is 7.29. The van der Waals surface area contributed by atoms with Crippen LogP contribution in [-0.4, -0.2) is 30.2 Å². The topological polar surface area (TPSA) is 74.4 Å². The monoisotopic (exact) mass is 280 g/mol. The van der Waals surface area contributed by atoms with Crippen LogP contribution in [-0.2, 0) is 16.0 Å². The van der Waals surface area contributed by atoms with E-state index >= 15 is 0 Å². The number of esters is 1. The van der Waals surface area contributed by atoms with Gasteiger partial charge in [-0.05, 0) is 38.9 Å². The van der Waals surface area contributed by atoms with Gasteiger partial charge in [-0.25, -0.2) is 4.79 Å². The van der Waals surface area contributed by atoms with Gasteiger partial charge in [-0.3, -0.25) is 4.98 Å². The summed E-state index contributed by atoms with van der Waals surface area (Å²) in [6.07, 6.45) is 1.50. The minimum Gasteiger partial charge on any atom is -0.477 e. The fourth-order valence-electron chi connectivity index (χ4n) is 1.90. The van der Waals surface area contributed by atoms with Crippen molar-refractivity contribution in [1.82, 2.24) is 4.98 Å². The molecule has 0 aliphatic heterocycles. The molecule has 1 rings (SSSR count). The lowest BCUT2D eigenvalue weighted by Gasteiger charge is -2.19.